The topological polar surface area (TPSA) is 51.8 Å². The summed E-state index contributed by atoms with van der Waals surface area (Å²) in [6.07, 6.45) is 0. The number of halogens is 1. The summed E-state index contributed by atoms with van der Waals surface area (Å²) in [6.45, 7) is 1.27. The molecule has 0 spiro atoms. The van der Waals surface area contributed by atoms with E-state index in [1.54, 1.807) is 14.2 Å². The lowest BCUT2D eigenvalue weighted by Gasteiger charge is -2.17. The number of anilines is 2. The number of ether oxygens (including phenoxy) is 3. The summed E-state index contributed by atoms with van der Waals surface area (Å²) in [6, 6.07) is 29.3. The molecule has 4 aromatic rings. The number of hydrogen-bond donors (Lipinski definition) is 2. The third-order valence-corrected chi connectivity index (χ3v) is 5.51. The molecule has 0 bridgehead atoms. The van der Waals surface area contributed by atoms with E-state index in [0.717, 1.165) is 27.5 Å². The van der Waals surface area contributed by atoms with Crippen LogP contribution in [0.5, 0.6) is 23.0 Å². The van der Waals surface area contributed by atoms with Gasteiger partial charge in [-0.2, -0.15) is 0 Å². The average molecular weight is 475 g/mol. The Balaban J connectivity index is 1.47. The average Bonchev–Trinajstić information content (AvgIpc) is 2.86. The molecule has 6 heteroatoms. The smallest absolute Gasteiger partial charge is 0.134 e. The van der Waals surface area contributed by atoms with Crippen LogP contribution in [0, 0.1) is 0 Å². The van der Waals surface area contributed by atoms with Crippen LogP contribution in [0.15, 0.2) is 91.0 Å². The van der Waals surface area contributed by atoms with Crippen molar-refractivity contribution < 1.29 is 14.2 Å². The molecule has 34 heavy (non-hydrogen) atoms. The number of para-hydroxylation sites is 1. The minimum Gasteiger partial charge on any atom is -0.496 e. The lowest BCUT2D eigenvalue weighted by Crippen LogP contribution is -2.14. The first-order valence-corrected chi connectivity index (χ1v) is 11.3. The molecule has 0 aliphatic rings. The van der Waals surface area contributed by atoms with Gasteiger partial charge in [-0.3, -0.25) is 0 Å². The van der Waals surface area contributed by atoms with Gasteiger partial charge in [-0.25, -0.2) is 0 Å². The second kappa shape index (κ2) is 11.5. The molecular formula is C28H27ClN2O3. The highest BCUT2D eigenvalue weighted by Crippen LogP contribution is 2.36. The van der Waals surface area contributed by atoms with Crippen molar-refractivity contribution in [3.8, 4) is 23.0 Å². The van der Waals surface area contributed by atoms with Gasteiger partial charge in [0.05, 0.1) is 19.8 Å². The van der Waals surface area contributed by atoms with Crippen molar-refractivity contribution in [3.05, 3.63) is 107 Å². The standard InChI is InChI=1S/C28H27ClN2O3/c1-32-27-16-25(34-24-10-6-9-23(15-24)31-22-7-4-3-5-8-22)17-28(33-2)26(27)19-30-18-20-11-13-21(29)14-12-20/h3-17,30-31H,18-19H2,1-2H3. The maximum absolute atomic E-state index is 6.15. The van der Waals surface area contributed by atoms with E-state index >= 15 is 0 Å². The zero-order valence-corrected chi connectivity index (χ0v) is 19.9. The molecule has 4 aromatic carbocycles. The molecular weight excluding hydrogens is 448 g/mol. The van der Waals surface area contributed by atoms with Crippen LogP contribution in [-0.4, -0.2) is 14.2 Å². The Kier molecular flexibility index (Phi) is 7.91. The molecule has 174 valence electrons. The summed E-state index contributed by atoms with van der Waals surface area (Å²) >= 11 is 5.97. The Morgan fingerprint density at radius 2 is 1.35 bits per heavy atom. The van der Waals surface area contributed by atoms with E-state index in [4.69, 9.17) is 25.8 Å². The largest absolute Gasteiger partial charge is 0.496 e. The van der Waals surface area contributed by atoms with Gasteiger partial charge in [0.25, 0.3) is 0 Å². The van der Waals surface area contributed by atoms with Crippen LogP contribution in [0.4, 0.5) is 11.4 Å². The predicted octanol–water partition coefficient (Wildman–Crippen LogP) is 7.18. The van der Waals surface area contributed by atoms with Crippen LogP contribution >= 0.6 is 11.6 Å². The minimum atomic E-state index is 0.575. The fourth-order valence-corrected chi connectivity index (χ4v) is 3.71. The van der Waals surface area contributed by atoms with Gasteiger partial charge in [0, 0.05) is 47.7 Å². The Bertz CT molecular complexity index is 1190. The molecule has 0 radical (unpaired) electrons. The lowest BCUT2D eigenvalue weighted by atomic mass is 10.1. The van der Waals surface area contributed by atoms with Crippen molar-refractivity contribution in [2.45, 2.75) is 13.1 Å². The first kappa shape index (κ1) is 23.5. The summed E-state index contributed by atoms with van der Waals surface area (Å²) < 4.78 is 17.5. The van der Waals surface area contributed by atoms with Gasteiger partial charge < -0.3 is 24.8 Å². The second-order valence-corrected chi connectivity index (χ2v) is 8.09. The Morgan fingerprint density at radius 3 is 2.03 bits per heavy atom. The number of benzene rings is 4. The van der Waals surface area contributed by atoms with E-state index in [1.165, 1.54) is 0 Å². The summed E-state index contributed by atoms with van der Waals surface area (Å²) in [5.74, 6) is 2.72. The van der Waals surface area contributed by atoms with E-state index < -0.39 is 0 Å². The third-order valence-electron chi connectivity index (χ3n) is 5.26. The van der Waals surface area contributed by atoms with E-state index in [9.17, 15) is 0 Å². The minimum absolute atomic E-state index is 0.575. The number of nitrogens with one attached hydrogen (secondary N) is 2. The number of rotatable bonds is 10. The van der Waals surface area contributed by atoms with Crippen molar-refractivity contribution in [1.82, 2.24) is 5.32 Å². The van der Waals surface area contributed by atoms with Gasteiger partial charge in [-0.1, -0.05) is 48.0 Å². The van der Waals surface area contributed by atoms with Crippen molar-refractivity contribution in [1.29, 1.82) is 0 Å². The molecule has 0 unspecified atom stereocenters. The molecule has 0 heterocycles. The van der Waals surface area contributed by atoms with Crippen LogP contribution in [0.3, 0.4) is 0 Å². The molecule has 0 amide bonds. The molecule has 2 N–H and O–H groups in total. The van der Waals surface area contributed by atoms with Crippen molar-refractivity contribution >= 4 is 23.0 Å². The zero-order chi connectivity index (χ0) is 23.8. The van der Waals surface area contributed by atoms with E-state index in [2.05, 4.69) is 10.6 Å². The maximum atomic E-state index is 6.15. The Hall–Kier alpha value is -3.67. The quantitative estimate of drug-likeness (QED) is 0.255. The highest BCUT2D eigenvalue weighted by atomic mass is 35.5. The van der Waals surface area contributed by atoms with Gasteiger partial charge >= 0.3 is 0 Å². The van der Waals surface area contributed by atoms with Crippen LogP contribution in [0.25, 0.3) is 0 Å². The van der Waals surface area contributed by atoms with Gasteiger partial charge in [0.1, 0.15) is 23.0 Å². The fraction of sp³-hybridized carbons (Fsp3) is 0.143. The normalized spacial score (nSPS) is 10.6. The first-order valence-electron chi connectivity index (χ1n) is 10.9. The predicted molar refractivity (Wildman–Crippen MR) is 138 cm³/mol. The van der Waals surface area contributed by atoms with Gasteiger partial charge in [-0.05, 0) is 42.0 Å². The van der Waals surface area contributed by atoms with Crippen molar-refractivity contribution in [2.75, 3.05) is 19.5 Å². The Morgan fingerprint density at radius 1 is 0.676 bits per heavy atom. The number of methoxy groups -OCH3 is 2. The maximum Gasteiger partial charge on any atom is 0.134 e. The lowest BCUT2D eigenvalue weighted by molar-refractivity contribution is 0.375. The monoisotopic (exact) mass is 474 g/mol. The number of hydrogen-bond acceptors (Lipinski definition) is 5. The Labute approximate surface area is 205 Å². The first-order chi connectivity index (χ1) is 16.6. The molecule has 0 aromatic heterocycles. The highest BCUT2D eigenvalue weighted by Gasteiger charge is 2.14. The molecule has 0 aliphatic heterocycles. The molecule has 0 aliphatic carbocycles. The van der Waals surface area contributed by atoms with Gasteiger partial charge in [0.15, 0.2) is 0 Å². The van der Waals surface area contributed by atoms with E-state index in [1.807, 2.05) is 91.0 Å². The second-order valence-electron chi connectivity index (χ2n) is 7.66. The molecule has 0 atom stereocenters. The molecule has 0 fully saturated rings. The van der Waals surface area contributed by atoms with Crippen LogP contribution in [0.2, 0.25) is 5.02 Å². The molecule has 5 nitrogen and oxygen atoms in total. The fourth-order valence-electron chi connectivity index (χ4n) is 3.59. The summed E-state index contributed by atoms with van der Waals surface area (Å²) in [5, 5.41) is 7.54. The highest BCUT2D eigenvalue weighted by molar-refractivity contribution is 6.30. The SMILES string of the molecule is COc1cc(Oc2cccc(Nc3ccccc3)c2)cc(OC)c1CNCc1ccc(Cl)cc1. The molecule has 0 saturated carbocycles. The van der Waals surface area contributed by atoms with Crippen LogP contribution in [0.1, 0.15) is 11.1 Å². The molecule has 0 saturated heterocycles. The van der Waals surface area contributed by atoms with E-state index in [-0.39, 0.29) is 0 Å². The summed E-state index contributed by atoms with van der Waals surface area (Å²) in [7, 11) is 3.29. The zero-order valence-electron chi connectivity index (χ0n) is 19.2. The summed E-state index contributed by atoms with van der Waals surface area (Å²) in [4.78, 5) is 0. The third kappa shape index (κ3) is 6.22. The van der Waals surface area contributed by atoms with Crippen LogP contribution < -0.4 is 24.8 Å². The van der Waals surface area contributed by atoms with Crippen LogP contribution in [-0.2, 0) is 13.1 Å². The van der Waals surface area contributed by atoms with E-state index in [0.29, 0.717) is 36.1 Å². The van der Waals surface area contributed by atoms with Crippen molar-refractivity contribution in [2.24, 2.45) is 0 Å². The van der Waals surface area contributed by atoms with Gasteiger partial charge in [0.2, 0.25) is 0 Å². The summed E-state index contributed by atoms with van der Waals surface area (Å²) in [5.41, 5.74) is 4.01. The van der Waals surface area contributed by atoms with Gasteiger partial charge in [-0.15, -0.1) is 0 Å². The molecule has 4 rings (SSSR count). The van der Waals surface area contributed by atoms with Crippen molar-refractivity contribution in [3.63, 3.8) is 0 Å².